The van der Waals surface area contributed by atoms with Crippen molar-refractivity contribution in [3.63, 3.8) is 0 Å². The first kappa shape index (κ1) is 11.9. The first-order chi connectivity index (χ1) is 8.20. The third kappa shape index (κ3) is 2.75. The van der Waals surface area contributed by atoms with Crippen LogP contribution in [0.4, 0.5) is 5.69 Å². The van der Waals surface area contributed by atoms with E-state index in [-0.39, 0.29) is 23.8 Å². The van der Waals surface area contributed by atoms with Gasteiger partial charge in [-0.1, -0.05) is 12.1 Å². The van der Waals surface area contributed by atoms with Gasteiger partial charge in [0.25, 0.3) is 0 Å². The molecular weight excluding hydrogens is 220 g/mol. The number of amides is 1. The number of hydrogen-bond acceptors (Lipinski definition) is 4. The van der Waals surface area contributed by atoms with Crippen molar-refractivity contribution in [2.24, 2.45) is 0 Å². The van der Waals surface area contributed by atoms with Crippen LogP contribution in [0, 0.1) is 0 Å². The third-order valence-corrected chi connectivity index (χ3v) is 2.90. The number of rotatable bonds is 3. The smallest absolute Gasteiger partial charge is 0.241 e. The highest BCUT2D eigenvalue weighted by Gasteiger charge is 2.29. The zero-order chi connectivity index (χ0) is 12.3. The summed E-state index contributed by atoms with van der Waals surface area (Å²) in [7, 11) is 1.63. The van der Waals surface area contributed by atoms with Crippen LogP contribution in [0.3, 0.4) is 0 Å². The molecule has 92 valence electrons. The van der Waals surface area contributed by atoms with Gasteiger partial charge in [-0.2, -0.15) is 0 Å². The molecule has 1 aromatic rings. The highest BCUT2D eigenvalue weighted by Crippen LogP contribution is 2.22. The number of phenols is 1. The SMILES string of the molecule is COC1CNC(C(=O)Nc2ccccc2O)C1. The molecule has 0 radical (unpaired) electrons. The van der Waals surface area contributed by atoms with Crippen molar-refractivity contribution >= 4 is 11.6 Å². The maximum absolute atomic E-state index is 11.9. The minimum Gasteiger partial charge on any atom is -0.506 e. The van der Waals surface area contributed by atoms with Crippen LogP contribution in [0.5, 0.6) is 5.75 Å². The van der Waals surface area contributed by atoms with Gasteiger partial charge in [0.15, 0.2) is 0 Å². The maximum Gasteiger partial charge on any atom is 0.241 e. The quantitative estimate of drug-likeness (QED) is 0.676. The Bertz CT molecular complexity index is 408. The van der Waals surface area contributed by atoms with Crippen molar-refractivity contribution in [1.29, 1.82) is 0 Å². The number of benzene rings is 1. The molecule has 0 spiro atoms. The van der Waals surface area contributed by atoms with E-state index < -0.39 is 0 Å². The lowest BCUT2D eigenvalue weighted by Crippen LogP contribution is -2.35. The summed E-state index contributed by atoms with van der Waals surface area (Å²) in [6.07, 6.45) is 0.728. The van der Waals surface area contributed by atoms with E-state index in [4.69, 9.17) is 4.74 Å². The molecule has 2 rings (SSSR count). The van der Waals surface area contributed by atoms with E-state index in [1.807, 2.05) is 0 Å². The van der Waals surface area contributed by atoms with Crippen LogP contribution in [-0.2, 0) is 9.53 Å². The first-order valence-corrected chi connectivity index (χ1v) is 5.55. The van der Waals surface area contributed by atoms with Crippen molar-refractivity contribution in [2.45, 2.75) is 18.6 Å². The molecule has 2 atom stereocenters. The molecule has 1 aliphatic heterocycles. The lowest BCUT2D eigenvalue weighted by Gasteiger charge is -2.12. The van der Waals surface area contributed by atoms with Gasteiger partial charge in [-0.05, 0) is 18.6 Å². The van der Waals surface area contributed by atoms with Crippen molar-refractivity contribution < 1.29 is 14.6 Å². The van der Waals surface area contributed by atoms with Crippen LogP contribution < -0.4 is 10.6 Å². The number of carbonyl (C=O) groups is 1. The molecule has 1 heterocycles. The molecule has 0 saturated carbocycles. The lowest BCUT2D eigenvalue weighted by molar-refractivity contribution is -0.118. The normalized spacial score (nSPS) is 23.6. The number of anilines is 1. The molecule has 0 aliphatic carbocycles. The number of phenolic OH excluding ortho intramolecular Hbond substituents is 1. The zero-order valence-electron chi connectivity index (χ0n) is 9.64. The number of carbonyl (C=O) groups excluding carboxylic acids is 1. The molecule has 0 aromatic heterocycles. The Morgan fingerprint density at radius 1 is 1.53 bits per heavy atom. The Morgan fingerprint density at radius 2 is 2.29 bits per heavy atom. The minimum atomic E-state index is -0.264. The summed E-state index contributed by atoms with van der Waals surface area (Å²) < 4.78 is 5.17. The molecular formula is C12H16N2O3. The molecule has 5 nitrogen and oxygen atoms in total. The fourth-order valence-electron chi connectivity index (χ4n) is 1.88. The molecule has 2 unspecified atom stereocenters. The highest BCUT2D eigenvalue weighted by atomic mass is 16.5. The summed E-state index contributed by atoms with van der Waals surface area (Å²) in [4.78, 5) is 11.9. The Morgan fingerprint density at radius 3 is 2.94 bits per heavy atom. The van der Waals surface area contributed by atoms with E-state index in [0.717, 1.165) is 0 Å². The summed E-state index contributed by atoms with van der Waals surface area (Å²) in [5.41, 5.74) is 0.431. The Labute approximate surface area is 99.8 Å². The number of nitrogens with one attached hydrogen (secondary N) is 2. The molecule has 1 amide bonds. The van der Waals surface area contributed by atoms with Crippen LogP contribution in [0.15, 0.2) is 24.3 Å². The van der Waals surface area contributed by atoms with Crippen LogP contribution in [-0.4, -0.2) is 36.8 Å². The van der Waals surface area contributed by atoms with Crippen molar-refractivity contribution in [3.05, 3.63) is 24.3 Å². The van der Waals surface area contributed by atoms with Crippen molar-refractivity contribution in [3.8, 4) is 5.75 Å². The van der Waals surface area contributed by atoms with Crippen molar-refractivity contribution in [2.75, 3.05) is 19.0 Å². The van der Waals surface area contributed by atoms with Gasteiger partial charge in [0.05, 0.1) is 17.8 Å². The van der Waals surface area contributed by atoms with E-state index in [0.29, 0.717) is 18.7 Å². The summed E-state index contributed by atoms with van der Waals surface area (Å²) >= 11 is 0. The number of hydrogen-bond donors (Lipinski definition) is 3. The van der Waals surface area contributed by atoms with Crippen LogP contribution >= 0.6 is 0 Å². The summed E-state index contributed by atoms with van der Waals surface area (Å²) in [6, 6.07) is 6.40. The monoisotopic (exact) mass is 236 g/mol. The zero-order valence-corrected chi connectivity index (χ0v) is 9.64. The molecule has 17 heavy (non-hydrogen) atoms. The first-order valence-electron chi connectivity index (χ1n) is 5.55. The van der Waals surface area contributed by atoms with Crippen LogP contribution in [0.2, 0.25) is 0 Å². The lowest BCUT2D eigenvalue weighted by atomic mass is 10.2. The van der Waals surface area contributed by atoms with E-state index in [2.05, 4.69) is 10.6 Å². The third-order valence-electron chi connectivity index (χ3n) is 2.90. The van der Waals surface area contributed by atoms with Gasteiger partial charge in [0.1, 0.15) is 5.75 Å². The maximum atomic E-state index is 11.9. The molecule has 5 heteroatoms. The minimum absolute atomic E-state index is 0.0714. The predicted molar refractivity (Wildman–Crippen MR) is 63.9 cm³/mol. The van der Waals surface area contributed by atoms with Gasteiger partial charge in [-0.15, -0.1) is 0 Å². The highest BCUT2D eigenvalue weighted by molar-refractivity contribution is 5.96. The van der Waals surface area contributed by atoms with E-state index in [9.17, 15) is 9.90 Å². The second-order valence-corrected chi connectivity index (χ2v) is 4.06. The fraction of sp³-hybridized carbons (Fsp3) is 0.417. The Balaban J connectivity index is 1.96. The topological polar surface area (TPSA) is 70.6 Å². The van der Waals surface area contributed by atoms with E-state index >= 15 is 0 Å². The molecule has 1 aromatic carbocycles. The van der Waals surface area contributed by atoms with Gasteiger partial charge in [-0.3, -0.25) is 4.79 Å². The van der Waals surface area contributed by atoms with Gasteiger partial charge >= 0.3 is 0 Å². The second-order valence-electron chi connectivity index (χ2n) is 4.06. The molecule has 3 N–H and O–H groups in total. The van der Waals surface area contributed by atoms with E-state index in [1.54, 1.807) is 25.3 Å². The van der Waals surface area contributed by atoms with Gasteiger partial charge < -0.3 is 20.5 Å². The molecule has 1 saturated heterocycles. The second kappa shape index (κ2) is 5.16. The largest absolute Gasteiger partial charge is 0.506 e. The molecule has 1 aliphatic rings. The molecule has 1 fully saturated rings. The summed E-state index contributed by atoms with van der Waals surface area (Å²) in [5, 5.41) is 15.3. The van der Waals surface area contributed by atoms with Gasteiger partial charge in [0.2, 0.25) is 5.91 Å². The predicted octanol–water partition coefficient (Wildman–Crippen LogP) is 0.708. The van der Waals surface area contributed by atoms with E-state index in [1.165, 1.54) is 6.07 Å². The fourth-order valence-corrected chi connectivity index (χ4v) is 1.88. The summed E-state index contributed by atoms with van der Waals surface area (Å²) in [5.74, 6) is -0.0758. The standard InChI is InChI=1S/C12H16N2O3/c1-17-8-6-10(13-7-8)12(16)14-9-4-2-3-5-11(9)15/h2-5,8,10,13,15H,6-7H2,1H3,(H,14,16). The number of para-hydroxylation sites is 2. The average molecular weight is 236 g/mol. The Hall–Kier alpha value is -1.59. The number of aromatic hydroxyl groups is 1. The van der Waals surface area contributed by atoms with Crippen LogP contribution in [0.1, 0.15) is 6.42 Å². The Kier molecular flexibility index (Phi) is 3.61. The summed E-state index contributed by atoms with van der Waals surface area (Å²) in [6.45, 7) is 0.676. The molecule has 0 bridgehead atoms. The van der Waals surface area contributed by atoms with Gasteiger partial charge in [-0.25, -0.2) is 0 Å². The van der Waals surface area contributed by atoms with Crippen molar-refractivity contribution in [1.82, 2.24) is 5.32 Å². The number of methoxy groups -OCH3 is 1. The average Bonchev–Trinajstić information content (AvgIpc) is 2.81. The van der Waals surface area contributed by atoms with Crippen LogP contribution in [0.25, 0.3) is 0 Å². The van der Waals surface area contributed by atoms with Gasteiger partial charge in [0, 0.05) is 13.7 Å². The number of ether oxygens (including phenoxy) is 1.